The number of hydrogen-bond donors (Lipinski definition) is 1. The predicted octanol–water partition coefficient (Wildman–Crippen LogP) is 4.34. The van der Waals surface area contributed by atoms with Crippen LogP contribution in [0.25, 0.3) is 10.9 Å². The number of aliphatic carboxylic acids is 1. The van der Waals surface area contributed by atoms with Crippen LogP contribution in [0.4, 0.5) is 4.39 Å². The van der Waals surface area contributed by atoms with E-state index in [0.29, 0.717) is 12.1 Å². The Balaban J connectivity index is 1.83. The summed E-state index contributed by atoms with van der Waals surface area (Å²) in [7, 11) is 2.12. The molecule has 1 aliphatic rings. The van der Waals surface area contributed by atoms with Crippen molar-refractivity contribution in [3.05, 3.63) is 70.7 Å². The van der Waals surface area contributed by atoms with Gasteiger partial charge in [0.2, 0.25) is 0 Å². The van der Waals surface area contributed by atoms with Gasteiger partial charge in [-0.05, 0) is 43.3 Å². The van der Waals surface area contributed by atoms with E-state index >= 15 is 0 Å². The van der Waals surface area contributed by atoms with Crippen molar-refractivity contribution in [2.24, 2.45) is 0 Å². The van der Waals surface area contributed by atoms with Crippen LogP contribution in [-0.4, -0.2) is 34.1 Å². The number of fused-ring (bicyclic) bond motifs is 3. The number of aryl methyl sites for hydroxylation is 1. The van der Waals surface area contributed by atoms with Crippen LogP contribution >= 0.6 is 0 Å². The fourth-order valence-corrected chi connectivity index (χ4v) is 4.42. The number of benzene rings is 2. The first-order chi connectivity index (χ1) is 13.4. The minimum atomic E-state index is -0.908. The molecule has 1 atom stereocenters. The fraction of sp³-hybridized carbons (Fsp3) is 0.348. The van der Waals surface area contributed by atoms with Gasteiger partial charge in [-0.1, -0.05) is 29.8 Å². The van der Waals surface area contributed by atoms with E-state index in [9.17, 15) is 14.3 Å². The van der Waals surface area contributed by atoms with E-state index in [1.807, 2.05) is 0 Å². The van der Waals surface area contributed by atoms with Crippen LogP contribution in [0, 0.1) is 12.7 Å². The third-order valence-electron chi connectivity index (χ3n) is 5.77. The number of carboxylic acid groups (broad SMARTS) is 1. The Hall–Kier alpha value is -2.66. The molecule has 1 aromatic heterocycles. The molecule has 2 aromatic carbocycles. The number of aromatic nitrogens is 1. The summed E-state index contributed by atoms with van der Waals surface area (Å²) >= 11 is 0. The molecule has 1 unspecified atom stereocenters. The lowest BCUT2D eigenvalue weighted by Gasteiger charge is -2.26. The summed E-state index contributed by atoms with van der Waals surface area (Å²) in [5.74, 6) is -1.66. The highest BCUT2D eigenvalue weighted by molar-refractivity contribution is 5.86. The Kier molecular flexibility index (Phi) is 4.94. The average Bonchev–Trinajstić information content (AvgIpc) is 2.94. The maximum atomic E-state index is 14.5. The molecule has 28 heavy (non-hydrogen) atoms. The summed E-state index contributed by atoms with van der Waals surface area (Å²) in [6.45, 7) is 4.39. The summed E-state index contributed by atoms with van der Waals surface area (Å²) in [6.07, 6.45) is 0.817. The van der Waals surface area contributed by atoms with E-state index in [-0.39, 0.29) is 12.2 Å². The molecule has 146 valence electrons. The second-order valence-electron chi connectivity index (χ2n) is 7.86. The highest BCUT2D eigenvalue weighted by Crippen LogP contribution is 2.34. The molecule has 1 aliphatic heterocycles. The quantitative estimate of drug-likeness (QED) is 0.716. The normalized spacial score (nSPS) is 15.5. The molecule has 5 heteroatoms. The van der Waals surface area contributed by atoms with Crippen molar-refractivity contribution in [3.63, 3.8) is 0 Å². The highest BCUT2D eigenvalue weighted by atomic mass is 19.1. The zero-order valence-corrected chi connectivity index (χ0v) is 16.3. The van der Waals surface area contributed by atoms with Crippen molar-refractivity contribution in [2.45, 2.75) is 38.8 Å². The van der Waals surface area contributed by atoms with E-state index < -0.39 is 11.9 Å². The fourth-order valence-electron chi connectivity index (χ4n) is 4.42. The lowest BCUT2D eigenvalue weighted by molar-refractivity contribution is -0.137. The molecule has 0 fully saturated rings. The number of rotatable bonds is 5. The largest absolute Gasteiger partial charge is 0.481 e. The molecule has 3 aromatic rings. The predicted molar refractivity (Wildman–Crippen MR) is 108 cm³/mol. The van der Waals surface area contributed by atoms with Gasteiger partial charge in [-0.3, -0.25) is 4.79 Å². The molecule has 4 rings (SSSR count). The number of nitrogens with zero attached hydrogens (tertiary/aromatic N) is 2. The molecule has 1 N–H and O–H groups in total. The maximum Gasteiger partial charge on any atom is 0.304 e. The van der Waals surface area contributed by atoms with Crippen molar-refractivity contribution < 1.29 is 14.3 Å². The van der Waals surface area contributed by atoms with Crippen LogP contribution in [0.5, 0.6) is 0 Å². The van der Waals surface area contributed by atoms with Gasteiger partial charge in [-0.2, -0.15) is 0 Å². The van der Waals surface area contributed by atoms with Crippen molar-refractivity contribution >= 4 is 16.9 Å². The number of carbonyl (C=O) groups is 1. The Morgan fingerprint density at radius 3 is 2.79 bits per heavy atom. The minimum absolute atomic E-state index is 0.0961. The topological polar surface area (TPSA) is 45.5 Å². The van der Waals surface area contributed by atoms with Crippen molar-refractivity contribution in [2.75, 3.05) is 13.6 Å². The van der Waals surface area contributed by atoms with Gasteiger partial charge < -0.3 is 14.6 Å². The van der Waals surface area contributed by atoms with Crippen LogP contribution in [0.1, 0.15) is 34.7 Å². The molecule has 0 amide bonds. The van der Waals surface area contributed by atoms with Crippen LogP contribution in [0.2, 0.25) is 0 Å². The summed E-state index contributed by atoms with van der Waals surface area (Å²) in [5, 5.41) is 10.7. The van der Waals surface area contributed by atoms with Gasteiger partial charge in [0.25, 0.3) is 0 Å². The highest BCUT2D eigenvalue weighted by Gasteiger charge is 2.26. The average molecular weight is 380 g/mol. The Labute approximate surface area is 164 Å². The van der Waals surface area contributed by atoms with Crippen LogP contribution in [0.15, 0.2) is 42.5 Å². The third kappa shape index (κ3) is 3.42. The van der Waals surface area contributed by atoms with Crippen molar-refractivity contribution in [1.82, 2.24) is 9.47 Å². The molecule has 0 spiro atoms. The Morgan fingerprint density at radius 1 is 1.25 bits per heavy atom. The van der Waals surface area contributed by atoms with E-state index in [1.165, 1.54) is 28.3 Å². The van der Waals surface area contributed by atoms with E-state index in [1.54, 1.807) is 18.2 Å². The summed E-state index contributed by atoms with van der Waals surface area (Å²) in [5.41, 5.74) is 5.36. The first-order valence-corrected chi connectivity index (χ1v) is 9.69. The van der Waals surface area contributed by atoms with E-state index in [4.69, 9.17) is 0 Å². The summed E-state index contributed by atoms with van der Waals surface area (Å²) in [6, 6.07) is 12.9. The lowest BCUT2D eigenvalue weighted by Crippen LogP contribution is -2.28. The van der Waals surface area contributed by atoms with E-state index in [2.05, 4.69) is 41.6 Å². The van der Waals surface area contributed by atoms with Crippen molar-refractivity contribution in [3.8, 4) is 0 Å². The second-order valence-corrected chi connectivity index (χ2v) is 7.86. The summed E-state index contributed by atoms with van der Waals surface area (Å²) in [4.78, 5) is 13.8. The van der Waals surface area contributed by atoms with Gasteiger partial charge in [0, 0.05) is 48.6 Å². The van der Waals surface area contributed by atoms with Gasteiger partial charge in [-0.25, -0.2) is 4.39 Å². The molecule has 2 heterocycles. The van der Waals surface area contributed by atoms with Gasteiger partial charge >= 0.3 is 5.97 Å². The number of hydrogen-bond acceptors (Lipinski definition) is 2. The first-order valence-electron chi connectivity index (χ1n) is 9.69. The Bertz CT molecular complexity index is 1040. The molecular weight excluding hydrogens is 355 g/mol. The maximum absolute atomic E-state index is 14.5. The molecular formula is C23H25FN2O2. The molecule has 0 aliphatic carbocycles. The summed E-state index contributed by atoms with van der Waals surface area (Å²) < 4.78 is 16.7. The lowest BCUT2D eigenvalue weighted by atomic mass is 9.94. The van der Waals surface area contributed by atoms with Crippen molar-refractivity contribution in [1.29, 1.82) is 0 Å². The first kappa shape index (κ1) is 18.7. The molecule has 0 saturated heterocycles. The molecule has 0 saturated carbocycles. The van der Waals surface area contributed by atoms with Gasteiger partial charge in [0.1, 0.15) is 5.82 Å². The standard InChI is InChI=1S/C23H25FN2O2/c1-15-7-8-21-18(11-15)19-14-25(2)10-9-22(19)26(21)13-16(12-23(27)28)17-5-3-4-6-20(17)24/h3-8,11,16H,9-10,12-14H2,1-2H3,(H,27,28). The van der Waals surface area contributed by atoms with Gasteiger partial charge in [0.05, 0.1) is 6.42 Å². The van der Waals surface area contributed by atoms with Crippen LogP contribution in [-0.2, 0) is 24.3 Å². The number of likely N-dealkylation sites (N-methyl/N-ethyl adjacent to an activating group) is 1. The molecule has 0 radical (unpaired) electrons. The zero-order chi connectivity index (χ0) is 19.8. The zero-order valence-electron chi connectivity index (χ0n) is 16.3. The number of carboxylic acids is 1. The number of halogens is 1. The minimum Gasteiger partial charge on any atom is -0.481 e. The Morgan fingerprint density at radius 2 is 2.04 bits per heavy atom. The monoisotopic (exact) mass is 380 g/mol. The van der Waals surface area contributed by atoms with Crippen LogP contribution in [0.3, 0.4) is 0 Å². The SMILES string of the molecule is Cc1ccc2c(c1)c1c(n2CC(CC(=O)O)c2ccccc2F)CCN(C)C1. The van der Waals surface area contributed by atoms with Gasteiger partial charge in [0.15, 0.2) is 0 Å². The molecule has 0 bridgehead atoms. The third-order valence-corrected chi connectivity index (χ3v) is 5.77. The van der Waals surface area contributed by atoms with Crippen LogP contribution < -0.4 is 0 Å². The second kappa shape index (κ2) is 7.40. The van der Waals surface area contributed by atoms with Gasteiger partial charge in [-0.15, -0.1) is 0 Å². The molecule has 4 nitrogen and oxygen atoms in total. The van der Waals surface area contributed by atoms with E-state index in [0.717, 1.165) is 25.0 Å². The smallest absolute Gasteiger partial charge is 0.304 e.